The van der Waals surface area contributed by atoms with Crippen LogP contribution in [0.4, 0.5) is 0 Å². The second kappa shape index (κ2) is 5.07. The van der Waals surface area contributed by atoms with Gasteiger partial charge in [-0.05, 0) is 44.0 Å². The largest absolute Gasteiger partial charge is 0.483 e. The van der Waals surface area contributed by atoms with Gasteiger partial charge in [-0.3, -0.25) is 0 Å². The van der Waals surface area contributed by atoms with Crippen molar-refractivity contribution in [2.75, 3.05) is 0 Å². The Labute approximate surface area is 99.7 Å². The van der Waals surface area contributed by atoms with Crippen LogP contribution in [0.15, 0.2) is 17.3 Å². The van der Waals surface area contributed by atoms with Gasteiger partial charge in [-0.2, -0.15) is 0 Å². The summed E-state index contributed by atoms with van der Waals surface area (Å²) in [5, 5.41) is 12.1. The van der Waals surface area contributed by atoms with E-state index >= 15 is 0 Å². The molecule has 1 atom stereocenters. The highest BCUT2D eigenvalue weighted by Crippen LogP contribution is 2.26. The van der Waals surface area contributed by atoms with Gasteiger partial charge in [0.25, 0.3) is 0 Å². The molecule has 1 aromatic carbocycles. The summed E-state index contributed by atoms with van der Waals surface area (Å²) in [5.41, 5.74) is 7.29. The second-order valence-corrected chi connectivity index (χ2v) is 4.03. The zero-order valence-corrected chi connectivity index (χ0v) is 10.2. The fraction of sp³-hybridized carbons (Fsp3) is 0.364. The fourth-order valence-electron chi connectivity index (χ4n) is 1.32. The van der Waals surface area contributed by atoms with E-state index in [1.54, 1.807) is 6.92 Å². The molecule has 0 spiro atoms. The zero-order chi connectivity index (χ0) is 12.3. The van der Waals surface area contributed by atoms with E-state index in [1.165, 1.54) is 0 Å². The van der Waals surface area contributed by atoms with Crippen molar-refractivity contribution in [3.8, 4) is 5.75 Å². The number of nitrogens with two attached hydrogens (primary N) is 1. The summed E-state index contributed by atoms with van der Waals surface area (Å²) in [6.45, 7) is 5.50. The first-order chi connectivity index (χ1) is 7.45. The van der Waals surface area contributed by atoms with Crippen LogP contribution in [0.3, 0.4) is 0 Å². The summed E-state index contributed by atoms with van der Waals surface area (Å²) >= 11 is 6.03. The van der Waals surface area contributed by atoms with E-state index in [0.717, 1.165) is 16.1 Å². The quantitative estimate of drug-likeness (QED) is 0.370. The van der Waals surface area contributed by atoms with Gasteiger partial charge in [0.15, 0.2) is 11.9 Å². The molecular formula is C11H15ClN2O2. The Morgan fingerprint density at radius 2 is 1.94 bits per heavy atom. The number of ether oxygens (including phenoxy) is 1. The smallest absolute Gasteiger partial charge is 0.180 e. The highest BCUT2D eigenvalue weighted by molar-refractivity contribution is 6.32. The van der Waals surface area contributed by atoms with Crippen molar-refractivity contribution in [3.05, 3.63) is 28.3 Å². The van der Waals surface area contributed by atoms with Crippen LogP contribution in [0.25, 0.3) is 0 Å². The Balaban J connectivity index is 2.91. The molecule has 0 aliphatic rings. The second-order valence-electron chi connectivity index (χ2n) is 3.66. The highest BCUT2D eigenvalue weighted by atomic mass is 35.5. The first-order valence-corrected chi connectivity index (χ1v) is 5.24. The van der Waals surface area contributed by atoms with Crippen molar-refractivity contribution < 1.29 is 9.94 Å². The maximum atomic E-state index is 8.50. The molecule has 88 valence electrons. The monoisotopic (exact) mass is 242 g/mol. The Bertz CT molecular complexity index is 395. The van der Waals surface area contributed by atoms with Crippen LogP contribution in [0.5, 0.6) is 5.75 Å². The van der Waals surface area contributed by atoms with Gasteiger partial charge < -0.3 is 15.7 Å². The molecule has 1 unspecified atom stereocenters. The summed E-state index contributed by atoms with van der Waals surface area (Å²) in [6, 6.07) is 3.63. The molecule has 16 heavy (non-hydrogen) atoms. The number of oxime groups is 1. The molecule has 3 N–H and O–H groups in total. The summed E-state index contributed by atoms with van der Waals surface area (Å²) in [4.78, 5) is 0. The molecule has 0 saturated carbocycles. The maximum absolute atomic E-state index is 8.50. The minimum atomic E-state index is -0.482. The van der Waals surface area contributed by atoms with Crippen LogP contribution in [0.1, 0.15) is 18.1 Å². The van der Waals surface area contributed by atoms with E-state index in [1.807, 2.05) is 26.0 Å². The van der Waals surface area contributed by atoms with Gasteiger partial charge in [0, 0.05) is 5.02 Å². The summed E-state index contributed by atoms with van der Waals surface area (Å²) < 4.78 is 5.51. The molecule has 5 heteroatoms. The lowest BCUT2D eigenvalue weighted by Crippen LogP contribution is -2.31. The number of amidine groups is 1. The zero-order valence-electron chi connectivity index (χ0n) is 9.49. The molecule has 0 amide bonds. The van der Waals surface area contributed by atoms with E-state index in [0.29, 0.717) is 5.75 Å². The van der Waals surface area contributed by atoms with Crippen LogP contribution >= 0.6 is 11.6 Å². The van der Waals surface area contributed by atoms with Crippen LogP contribution < -0.4 is 10.5 Å². The number of hydrogen-bond acceptors (Lipinski definition) is 3. The van der Waals surface area contributed by atoms with Gasteiger partial charge in [0.2, 0.25) is 0 Å². The van der Waals surface area contributed by atoms with Gasteiger partial charge in [-0.25, -0.2) is 0 Å². The van der Waals surface area contributed by atoms with E-state index in [9.17, 15) is 0 Å². The average Bonchev–Trinajstić information content (AvgIpc) is 2.24. The first kappa shape index (κ1) is 12.6. The molecule has 1 aromatic rings. The SMILES string of the molecule is Cc1cc(OC(C)C(N)=NO)cc(C)c1Cl. The number of aryl methyl sites for hydroxylation is 2. The minimum Gasteiger partial charge on any atom is -0.483 e. The van der Waals surface area contributed by atoms with Crippen LogP contribution in [0.2, 0.25) is 5.02 Å². The molecule has 0 aliphatic heterocycles. The lowest BCUT2D eigenvalue weighted by Gasteiger charge is -2.14. The molecule has 4 nitrogen and oxygen atoms in total. The lowest BCUT2D eigenvalue weighted by molar-refractivity contribution is 0.265. The summed E-state index contributed by atoms with van der Waals surface area (Å²) in [5.74, 6) is 0.684. The molecule has 1 rings (SSSR count). The highest BCUT2D eigenvalue weighted by Gasteiger charge is 2.11. The normalized spacial score (nSPS) is 13.6. The average molecular weight is 243 g/mol. The van der Waals surface area contributed by atoms with Crippen molar-refractivity contribution in [3.63, 3.8) is 0 Å². The van der Waals surface area contributed by atoms with Gasteiger partial charge in [-0.15, -0.1) is 0 Å². The Morgan fingerprint density at radius 3 is 2.38 bits per heavy atom. The standard InChI is InChI=1S/C11H15ClN2O2/c1-6-4-9(5-7(2)10(6)12)16-8(3)11(13)14-15/h4-5,8,15H,1-3H3,(H2,13,14). The van der Waals surface area contributed by atoms with E-state index < -0.39 is 6.10 Å². The molecule has 0 heterocycles. The van der Waals surface area contributed by atoms with Crippen LogP contribution in [0, 0.1) is 13.8 Å². The van der Waals surface area contributed by atoms with Gasteiger partial charge in [0.05, 0.1) is 0 Å². The predicted molar refractivity (Wildman–Crippen MR) is 64.4 cm³/mol. The van der Waals surface area contributed by atoms with E-state index in [-0.39, 0.29) is 5.84 Å². The third-order valence-corrected chi connectivity index (χ3v) is 2.85. The minimum absolute atomic E-state index is 0.0326. The number of hydrogen-bond donors (Lipinski definition) is 2. The molecule has 0 bridgehead atoms. The van der Waals surface area contributed by atoms with Gasteiger partial charge in [-0.1, -0.05) is 16.8 Å². The van der Waals surface area contributed by atoms with Crippen molar-refractivity contribution in [2.45, 2.75) is 26.9 Å². The fourth-order valence-corrected chi connectivity index (χ4v) is 1.43. The van der Waals surface area contributed by atoms with Crippen molar-refractivity contribution >= 4 is 17.4 Å². The molecule has 0 fully saturated rings. The Kier molecular flexibility index (Phi) is 4.01. The molecule has 0 saturated heterocycles. The van der Waals surface area contributed by atoms with Gasteiger partial charge in [0.1, 0.15) is 5.75 Å². The number of benzene rings is 1. The Morgan fingerprint density at radius 1 is 1.44 bits per heavy atom. The number of halogens is 1. The van der Waals surface area contributed by atoms with E-state index in [4.69, 9.17) is 27.3 Å². The summed E-state index contributed by atoms with van der Waals surface area (Å²) in [7, 11) is 0. The van der Waals surface area contributed by atoms with Crippen molar-refractivity contribution in [1.82, 2.24) is 0 Å². The molecular weight excluding hydrogens is 228 g/mol. The molecule has 0 aromatic heterocycles. The molecule has 0 radical (unpaired) electrons. The number of nitrogens with zero attached hydrogens (tertiary/aromatic N) is 1. The topological polar surface area (TPSA) is 67.8 Å². The third kappa shape index (κ3) is 2.79. The van der Waals surface area contributed by atoms with Crippen molar-refractivity contribution in [1.29, 1.82) is 0 Å². The van der Waals surface area contributed by atoms with Crippen LogP contribution in [-0.2, 0) is 0 Å². The summed E-state index contributed by atoms with van der Waals surface area (Å²) in [6.07, 6.45) is -0.482. The lowest BCUT2D eigenvalue weighted by atomic mass is 10.1. The van der Waals surface area contributed by atoms with Crippen molar-refractivity contribution in [2.24, 2.45) is 10.9 Å². The van der Waals surface area contributed by atoms with Crippen LogP contribution in [-0.4, -0.2) is 17.1 Å². The maximum Gasteiger partial charge on any atom is 0.180 e. The van der Waals surface area contributed by atoms with Gasteiger partial charge >= 0.3 is 0 Å². The Hall–Kier alpha value is -1.42. The predicted octanol–water partition coefficient (Wildman–Crippen LogP) is 2.47. The molecule has 0 aliphatic carbocycles. The number of rotatable bonds is 3. The third-order valence-electron chi connectivity index (χ3n) is 2.25. The van der Waals surface area contributed by atoms with E-state index in [2.05, 4.69) is 5.16 Å². The first-order valence-electron chi connectivity index (χ1n) is 4.86.